The Bertz CT molecular complexity index is 732. The van der Waals surface area contributed by atoms with Crippen LogP contribution in [0.1, 0.15) is 15.9 Å². The number of benzene rings is 1. The van der Waals surface area contributed by atoms with E-state index in [0.29, 0.717) is 17.0 Å². The summed E-state index contributed by atoms with van der Waals surface area (Å²) in [5.41, 5.74) is 3.68. The van der Waals surface area contributed by atoms with Crippen molar-refractivity contribution in [1.82, 2.24) is 19.7 Å². The Kier molecular flexibility index (Phi) is 3.09. The number of hydrogen-bond acceptors (Lipinski definition) is 4. The highest BCUT2D eigenvalue weighted by Gasteiger charge is 2.12. The summed E-state index contributed by atoms with van der Waals surface area (Å²) >= 11 is 0. The van der Waals surface area contributed by atoms with Crippen molar-refractivity contribution in [3.63, 3.8) is 0 Å². The molecule has 0 bridgehead atoms. The second-order valence-corrected chi connectivity index (χ2v) is 4.42. The van der Waals surface area contributed by atoms with Gasteiger partial charge in [-0.1, -0.05) is 17.7 Å². The first kappa shape index (κ1) is 12.2. The zero-order chi connectivity index (χ0) is 13.9. The maximum atomic E-state index is 11.2. The Balaban J connectivity index is 2.09. The molecule has 20 heavy (non-hydrogen) atoms. The second-order valence-electron chi connectivity index (χ2n) is 4.42. The van der Waals surface area contributed by atoms with E-state index in [0.717, 1.165) is 12.0 Å². The minimum absolute atomic E-state index is 0.492. The molecule has 3 rings (SSSR count). The lowest BCUT2D eigenvalue weighted by Gasteiger charge is -2.01. The lowest BCUT2D eigenvalue weighted by Crippen LogP contribution is -1.95. The van der Waals surface area contributed by atoms with Gasteiger partial charge in [0.25, 0.3) is 0 Å². The van der Waals surface area contributed by atoms with Crippen LogP contribution < -0.4 is 0 Å². The standard InChI is InChI=1S/C15H12N4O/c1-11-2-4-13(5-3-11)19-9-12(10-20)15(18-19)14-8-16-6-7-17-14/h2-10H,1H3. The second kappa shape index (κ2) is 5.05. The van der Waals surface area contributed by atoms with Crippen LogP contribution in [-0.2, 0) is 0 Å². The van der Waals surface area contributed by atoms with Gasteiger partial charge in [-0.2, -0.15) is 5.10 Å². The van der Waals surface area contributed by atoms with Gasteiger partial charge < -0.3 is 0 Å². The van der Waals surface area contributed by atoms with Crippen molar-refractivity contribution in [2.24, 2.45) is 0 Å². The summed E-state index contributed by atoms with van der Waals surface area (Å²) in [5, 5.41) is 4.43. The molecule has 0 aliphatic rings. The minimum Gasteiger partial charge on any atom is -0.298 e. The van der Waals surface area contributed by atoms with Gasteiger partial charge in [0, 0.05) is 18.6 Å². The number of aromatic nitrogens is 4. The summed E-state index contributed by atoms with van der Waals surface area (Å²) in [6.07, 6.45) is 7.23. The van der Waals surface area contributed by atoms with Crippen LogP contribution in [0.2, 0.25) is 0 Å². The molecule has 0 amide bonds. The summed E-state index contributed by atoms with van der Waals surface area (Å²) in [6, 6.07) is 7.91. The van der Waals surface area contributed by atoms with Crippen LogP contribution in [0, 0.1) is 6.92 Å². The molecule has 0 aliphatic heterocycles. The van der Waals surface area contributed by atoms with Crippen molar-refractivity contribution < 1.29 is 4.79 Å². The van der Waals surface area contributed by atoms with Crippen LogP contribution in [0.4, 0.5) is 0 Å². The summed E-state index contributed by atoms with van der Waals surface area (Å²) < 4.78 is 1.67. The molecule has 3 aromatic rings. The van der Waals surface area contributed by atoms with Gasteiger partial charge >= 0.3 is 0 Å². The molecule has 0 saturated carbocycles. The summed E-state index contributed by atoms with van der Waals surface area (Å²) in [7, 11) is 0. The topological polar surface area (TPSA) is 60.7 Å². The first-order valence-corrected chi connectivity index (χ1v) is 6.16. The number of carbonyl (C=O) groups is 1. The fourth-order valence-electron chi connectivity index (χ4n) is 1.92. The fraction of sp³-hybridized carbons (Fsp3) is 0.0667. The fourth-order valence-corrected chi connectivity index (χ4v) is 1.92. The quantitative estimate of drug-likeness (QED) is 0.682. The molecule has 5 heteroatoms. The number of carbonyl (C=O) groups excluding carboxylic acids is 1. The molecule has 0 radical (unpaired) electrons. The summed E-state index contributed by atoms with van der Waals surface area (Å²) in [5.74, 6) is 0. The molecule has 0 unspecified atom stereocenters. The van der Waals surface area contributed by atoms with Crippen LogP contribution in [0.5, 0.6) is 0 Å². The van der Waals surface area contributed by atoms with Gasteiger partial charge in [0.15, 0.2) is 6.29 Å². The van der Waals surface area contributed by atoms with Crippen LogP contribution in [0.25, 0.3) is 17.1 Å². The molecule has 0 atom stereocenters. The molecular formula is C15H12N4O. The third-order valence-corrected chi connectivity index (χ3v) is 2.97. The van der Waals surface area contributed by atoms with Gasteiger partial charge in [-0.25, -0.2) is 4.68 Å². The molecule has 2 aromatic heterocycles. The van der Waals surface area contributed by atoms with Crippen molar-refractivity contribution in [1.29, 1.82) is 0 Å². The Morgan fingerprint density at radius 2 is 1.95 bits per heavy atom. The molecule has 0 spiro atoms. The van der Waals surface area contributed by atoms with Crippen LogP contribution in [0.3, 0.4) is 0 Å². The van der Waals surface area contributed by atoms with Gasteiger partial charge in [0.05, 0.1) is 17.4 Å². The monoisotopic (exact) mass is 264 g/mol. The average molecular weight is 264 g/mol. The molecule has 1 aromatic carbocycles. The molecule has 0 fully saturated rings. The Morgan fingerprint density at radius 1 is 1.15 bits per heavy atom. The largest absolute Gasteiger partial charge is 0.298 e. The van der Waals surface area contributed by atoms with E-state index in [1.54, 1.807) is 29.5 Å². The molecule has 0 saturated heterocycles. The first-order valence-electron chi connectivity index (χ1n) is 6.16. The number of rotatable bonds is 3. The summed E-state index contributed by atoms with van der Waals surface area (Å²) in [4.78, 5) is 19.4. The average Bonchev–Trinajstić information content (AvgIpc) is 2.93. The van der Waals surface area contributed by atoms with E-state index in [2.05, 4.69) is 15.1 Å². The van der Waals surface area contributed by atoms with Crippen LogP contribution in [0.15, 0.2) is 49.1 Å². The smallest absolute Gasteiger partial charge is 0.153 e. The maximum Gasteiger partial charge on any atom is 0.153 e. The van der Waals surface area contributed by atoms with Crippen LogP contribution >= 0.6 is 0 Å². The van der Waals surface area contributed by atoms with Crippen molar-refractivity contribution in [3.05, 3.63) is 60.2 Å². The molecule has 98 valence electrons. The zero-order valence-electron chi connectivity index (χ0n) is 10.9. The Labute approximate surface area is 115 Å². The maximum absolute atomic E-state index is 11.2. The molecule has 0 aliphatic carbocycles. The van der Waals surface area contributed by atoms with E-state index in [9.17, 15) is 4.79 Å². The minimum atomic E-state index is 0.492. The van der Waals surface area contributed by atoms with Crippen molar-refractivity contribution in [2.45, 2.75) is 6.92 Å². The first-order chi connectivity index (χ1) is 9.78. The third kappa shape index (κ3) is 2.21. The molecule has 5 nitrogen and oxygen atoms in total. The Morgan fingerprint density at radius 3 is 2.60 bits per heavy atom. The SMILES string of the molecule is Cc1ccc(-n2cc(C=O)c(-c3cnccn3)n2)cc1. The summed E-state index contributed by atoms with van der Waals surface area (Å²) in [6.45, 7) is 2.02. The third-order valence-electron chi connectivity index (χ3n) is 2.97. The molecular weight excluding hydrogens is 252 g/mol. The zero-order valence-corrected chi connectivity index (χ0v) is 10.9. The lowest BCUT2D eigenvalue weighted by molar-refractivity contribution is 0.112. The van der Waals surface area contributed by atoms with E-state index in [4.69, 9.17) is 0 Å². The van der Waals surface area contributed by atoms with Gasteiger partial charge in [-0.05, 0) is 19.1 Å². The van der Waals surface area contributed by atoms with E-state index in [1.807, 2.05) is 31.2 Å². The van der Waals surface area contributed by atoms with Crippen LogP contribution in [-0.4, -0.2) is 26.0 Å². The number of aryl methyl sites for hydroxylation is 1. The molecule has 0 N–H and O–H groups in total. The Hall–Kier alpha value is -2.82. The van der Waals surface area contributed by atoms with E-state index < -0.39 is 0 Å². The van der Waals surface area contributed by atoms with Gasteiger partial charge in [-0.15, -0.1) is 0 Å². The van der Waals surface area contributed by atoms with Gasteiger partial charge in [0.2, 0.25) is 0 Å². The van der Waals surface area contributed by atoms with Gasteiger partial charge in [-0.3, -0.25) is 14.8 Å². The van der Waals surface area contributed by atoms with Crippen molar-refractivity contribution in [3.8, 4) is 17.1 Å². The predicted octanol–water partition coefficient (Wildman–Crippen LogP) is 2.45. The highest BCUT2D eigenvalue weighted by atomic mass is 16.1. The van der Waals surface area contributed by atoms with E-state index in [1.165, 1.54) is 5.56 Å². The highest BCUT2D eigenvalue weighted by molar-refractivity contribution is 5.84. The van der Waals surface area contributed by atoms with Crippen molar-refractivity contribution in [2.75, 3.05) is 0 Å². The predicted molar refractivity (Wildman–Crippen MR) is 74.7 cm³/mol. The number of nitrogens with zero attached hydrogens (tertiary/aromatic N) is 4. The lowest BCUT2D eigenvalue weighted by atomic mass is 10.2. The normalized spacial score (nSPS) is 10.4. The number of hydrogen-bond donors (Lipinski definition) is 0. The number of aldehydes is 1. The van der Waals surface area contributed by atoms with E-state index in [-0.39, 0.29) is 0 Å². The molecule has 2 heterocycles. The van der Waals surface area contributed by atoms with E-state index >= 15 is 0 Å². The highest BCUT2D eigenvalue weighted by Crippen LogP contribution is 2.20. The van der Waals surface area contributed by atoms with Crippen molar-refractivity contribution >= 4 is 6.29 Å². The van der Waals surface area contributed by atoms with Gasteiger partial charge in [0.1, 0.15) is 11.4 Å².